The van der Waals surface area contributed by atoms with Crippen LogP contribution < -0.4 is 11.5 Å². The van der Waals surface area contributed by atoms with Gasteiger partial charge in [-0.25, -0.2) is 0 Å². The summed E-state index contributed by atoms with van der Waals surface area (Å²) in [5.74, 6) is 0. The van der Waals surface area contributed by atoms with E-state index in [0.717, 1.165) is 0 Å². The van der Waals surface area contributed by atoms with Crippen LogP contribution in [0.5, 0.6) is 0 Å². The summed E-state index contributed by atoms with van der Waals surface area (Å²) in [5.41, 5.74) is 8.31. The maximum absolute atomic E-state index is 7.10. The van der Waals surface area contributed by atoms with Crippen molar-refractivity contribution < 1.29 is 0 Å². The van der Waals surface area contributed by atoms with Crippen molar-refractivity contribution in [2.75, 3.05) is 24.6 Å². The summed E-state index contributed by atoms with van der Waals surface area (Å²) in [6.45, 7) is 9.49. The van der Waals surface area contributed by atoms with Gasteiger partial charge >= 0.3 is 162 Å². The molecule has 0 amide bonds. The first-order valence-corrected chi connectivity index (χ1v) is 18.1. The third-order valence-corrected chi connectivity index (χ3v) is 12.9. The molecule has 0 radical (unpaired) electrons. The summed E-state index contributed by atoms with van der Waals surface area (Å²) in [7, 11) is -0.961. The molecule has 35 heavy (non-hydrogen) atoms. The molecule has 0 unspecified atom stereocenters. The molecule has 0 saturated carbocycles. The molecule has 4 nitrogen and oxygen atoms in total. The Hall–Kier alpha value is -0.990. The van der Waals surface area contributed by atoms with E-state index in [9.17, 15) is 0 Å². The number of rotatable bonds is 24. The van der Waals surface area contributed by atoms with Crippen LogP contribution in [-0.2, 0) is 0 Å². The number of hydrogen-bond acceptors (Lipinski definition) is 4. The fourth-order valence-electron chi connectivity index (χ4n) is 5.10. The molecule has 0 bridgehead atoms. The summed E-state index contributed by atoms with van der Waals surface area (Å²) in [6, 6.07) is 0. The summed E-state index contributed by atoms with van der Waals surface area (Å²) < 4.78 is 0. The summed E-state index contributed by atoms with van der Waals surface area (Å²) >= 11 is 0. The van der Waals surface area contributed by atoms with Gasteiger partial charge in [-0.05, 0) is 0 Å². The third kappa shape index (κ3) is 33.0. The smallest absolute Gasteiger partial charge is 0.173 e. The van der Waals surface area contributed by atoms with E-state index in [-0.39, 0.29) is 0 Å². The van der Waals surface area contributed by atoms with Crippen molar-refractivity contribution >= 4 is 7.26 Å². The maximum atomic E-state index is 7.10. The van der Waals surface area contributed by atoms with Crippen LogP contribution in [0.25, 0.3) is 0 Å². The molecule has 0 aliphatic carbocycles. The Balaban J connectivity index is -0.00000153. The average Bonchev–Trinajstić information content (AvgIpc) is 2.86. The van der Waals surface area contributed by atoms with Crippen LogP contribution in [0.4, 0.5) is 0 Å². The van der Waals surface area contributed by atoms with Crippen LogP contribution in [0, 0.1) is 22.9 Å². The molecule has 4 N–H and O–H groups in total. The van der Waals surface area contributed by atoms with Gasteiger partial charge in [-0.3, -0.25) is 0 Å². The number of nitriles is 2. The largest absolute Gasteiger partial charge is 0.337 e. The summed E-state index contributed by atoms with van der Waals surface area (Å²) in [6.07, 6.45) is 38.7. The Labute approximate surface area is 222 Å². The quantitative estimate of drug-likeness (QED) is 0.0582. The molecule has 0 rings (SSSR count). The molecule has 0 aliphatic rings. The van der Waals surface area contributed by atoms with Gasteiger partial charge in [-0.2, -0.15) is 10.5 Å². The van der Waals surface area contributed by atoms with Gasteiger partial charge in [-0.1, -0.05) is 26.2 Å². The van der Waals surface area contributed by atoms with Crippen LogP contribution in [0.1, 0.15) is 156 Å². The first-order valence-electron chi connectivity index (χ1n) is 15.3. The monoisotopic (exact) mass is 512 g/mol. The van der Waals surface area contributed by atoms with Crippen molar-refractivity contribution in [2.24, 2.45) is 11.5 Å². The van der Waals surface area contributed by atoms with E-state index < -0.39 is 7.26 Å². The zero-order valence-electron chi connectivity index (χ0n) is 24.5. The predicted octanol–water partition coefficient (Wildman–Crippen LogP) is 9.47. The van der Waals surface area contributed by atoms with Crippen molar-refractivity contribution in [3.05, 3.63) is 0 Å². The van der Waals surface area contributed by atoms with Gasteiger partial charge in [0.2, 0.25) is 0 Å². The van der Waals surface area contributed by atoms with E-state index in [2.05, 4.69) is 39.2 Å². The van der Waals surface area contributed by atoms with Crippen LogP contribution in [0.15, 0.2) is 0 Å². The Morgan fingerprint density at radius 1 is 0.400 bits per heavy atom. The third-order valence-electron chi connectivity index (χ3n) is 7.24. The molecule has 210 valence electrons. The van der Waals surface area contributed by atoms with Gasteiger partial charge in [-0.15, -0.1) is 0 Å². The second kappa shape index (κ2) is 35.2. The van der Waals surface area contributed by atoms with Gasteiger partial charge in [0, 0.05) is 0 Å². The van der Waals surface area contributed by atoms with Crippen LogP contribution in [0.2, 0.25) is 0 Å². The Morgan fingerprint density at radius 2 is 0.600 bits per heavy atom. The van der Waals surface area contributed by atoms with Crippen molar-refractivity contribution in [3.63, 3.8) is 0 Å². The molecular weight excluding hydrogens is 447 g/mol. The molecule has 0 saturated heterocycles. The molecule has 0 spiro atoms. The van der Waals surface area contributed by atoms with E-state index in [1.807, 2.05) is 0 Å². The first kappa shape index (κ1) is 38.5. The number of nitrogens with zero attached hydrogens (tertiary/aromatic N) is 2. The van der Waals surface area contributed by atoms with E-state index in [4.69, 9.17) is 10.5 Å². The number of nitrogens with two attached hydrogens (primary N) is 2. The molecule has 0 aromatic carbocycles. The van der Waals surface area contributed by atoms with Gasteiger partial charge in [0.1, 0.15) is 0 Å². The zero-order chi connectivity index (χ0) is 26.9. The number of hydrogen-bond donors (Lipinski definition) is 2. The molecular formula is C30H65N4P. The zero-order valence-corrected chi connectivity index (χ0v) is 25.5. The SMILES string of the molecule is CCCCCCCCCCCCCCCC[PH](CCCC)(CCCC)CCCC.N#CN.N#CN. The molecule has 0 aromatic rings. The minimum absolute atomic E-state index is 0.961. The molecule has 0 fully saturated rings. The fraction of sp³-hybridized carbons (Fsp3) is 0.933. The van der Waals surface area contributed by atoms with Crippen molar-refractivity contribution in [1.82, 2.24) is 0 Å². The topological polar surface area (TPSA) is 99.6 Å². The molecule has 0 heterocycles. The second-order valence-corrected chi connectivity index (χ2v) is 15.4. The van der Waals surface area contributed by atoms with Crippen molar-refractivity contribution in [1.29, 1.82) is 10.5 Å². The van der Waals surface area contributed by atoms with Gasteiger partial charge in [0.05, 0.1) is 0 Å². The van der Waals surface area contributed by atoms with E-state index in [0.29, 0.717) is 0 Å². The Kier molecular flexibility index (Phi) is 38.7. The van der Waals surface area contributed by atoms with Gasteiger partial charge in [0.15, 0.2) is 12.4 Å². The molecule has 0 atom stereocenters. The minimum Gasteiger partial charge on any atom is -0.337 e. The van der Waals surface area contributed by atoms with Crippen LogP contribution in [0.3, 0.4) is 0 Å². The average molecular weight is 513 g/mol. The molecule has 0 aliphatic heterocycles. The molecule has 0 aromatic heterocycles. The molecule has 5 heteroatoms. The Morgan fingerprint density at radius 3 is 0.857 bits per heavy atom. The van der Waals surface area contributed by atoms with Crippen LogP contribution in [-0.4, -0.2) is 24.6 Å². The predicted molar refractivity (Wildman–Crippen MR) is 162 cm³/mol. The van der Waals surface area contributed by atoms with Gasteiger partial charge in [0.25, 0.3) is 0 Å². The standard InChI is InChI=1S/C28H61P.2CH2N2/c1-5-9-13-14-15-16-17-18-19-20-21-22-23-24-28-29(25-10-6-2,26-11-7-3)27-12-8-4;2*2-1-3/h29H,5-28H2,1-4H3;2*2H2. The van der Waals surface area contributed by atoms with E-state index >= 15 is 0 Å². The van der Waals surface area contributed by atoms with Crippen molar-refractivity contribution in [2.45, 2.75) is 156 Å². The first-order chi connectivity index (χ1) is 17.1. The van der Waals surface area contributed by atoms with Crippen LogP contribution >= 0.6 is 7.26 Å². The normalized spacial score (nSPS) is 10.8. The van der Waals surface area contributed by atoms with Crippen molar-refractivity contribution in [3.8, 4) is 12.4 Å². The minimum atomic E-state index is -0.961. The Bertz CT molecular complexity index is 422. The fourth-order valence-corrected chi connectivity index (χ4v) is 10.9. The summed E-state index contributed by atoms with van der Waals surface area (Å²) in [5, 5.41) is 14.2. The second-order valence-electron chi connectivity index (χ2n) is 10.4. The van der Waals surface area contributed by atoms with Gasteiger partial charge < -0.3 is 11.5 Å². The van der Waals surface area contributed by atoms with E-state index in [1.165, 1.54) is 134 Å². The van der Waals surface area contributed by atoms with E-state index in [1.54, 1.807) is 31.1 Å². The summed E-state index contributed by atoms with van der Waals surface area (Å²) in [4.78, 5) is 0. The number of unbranched alkanes of at least 4 members (excludes halogenated alkanes) is 16. The maximum Gasteiger partial charge on any atom is 0.173 e.